The molecule has 0 fully saturated rings. The Morgan fingerprint density at radius 2 is 2.12 bits per heavy atom. The first-order chi connectivity index (χ1) is 7.78. The van der Waals surface area contributed by atoms with Gasteiger partial charge in [0, 0.05) is 19.3 Å². The molecule has 4 heteroatoms. The highest BCUT2D eigenvalue weighted by atomic mass is 16.5. The first-order valence-electron chi connectivity index (χ1n) is 5.03. The van der Waals surface area contributed by atoms with E-state index in [1.165, 1.54) is 0 Å². The highest BCUT2D eigenvalue weighted by Gasteiger charge is 2.00. The Morgan fingerprint density at radius 1 is 1.25 bits per heavy atom. The van der Waals surface area contributed by atoms with Crippen LogP contribution >= 0.6 is 0 Å². The summed E-state index contributed by atoms with van der Waals surface area (Å²) in [7, 11) is 1.77. The van der Waals surface area contributed by atoms with E-state index in [1.54, 1.807) is 19.3 Å². The third-order valence-corrected chi connectivity index (χ3v) is 2.07. The lowest BCUT2D eigenvalue weighted by atomic mass is 10.2. The lowest BCUT2D eigenvalue weighted by Crippen LogP contribution is -1.97. The van der Waals surface area contributed by atoms with Crippen molar-refractivity contribution in [2.24, 2.45) is 0 Å². The van der Waals surface area contributed by atoms with Gasteiger partial charge in [-0.15, -0.1) is 0 Å². The first-order valence-corrected chi connectivity index (χ1v) is 5.03. The molecule has 0 unspecified atom stereocenters. The van der Waals surface area contributed by atoms with Crippen LogP contribution in [-0.4, -0.2) is 17.0 Å². The molecule has 0 saturated heterocycles. The van der Waals surface area contributed by atoms with Crippen LogP contribution < -0.4 is 10.1 Å². The van der Waals surface area contributed by atoms with Gasteiger partial charge in [0.1, 0.15) is 5.75 Å². The summed E-state index contributed by atoms with van der Waals surface area (Å²) < 4.78 is 5.61. The van der Waals surface area contributed by atoms with Crippen LogP contribution in [0.5, 0.6) is 11.6 Å². The van der Waals surface area contributed by atoms with Crippen molar-refractivity contribution >= 4 is 5.95 Å². The lowest BCUT2D eigenvalue weighted by Gasteiger charge is -2.06. The smallest absolute Gasteiger partial charge is 0.225 e. The predicted molar refractivity (Wildman–Crippen MR) is 62.8 cm³/mol. The molecule has 1 aromatic carbocycles. The second kappa shape index (κ2) is 4.61. The van der Waals surface area contributed by atoms with Crippen LogP contribution in [-0.2, 0) is 0 Å². The number of aromatic nitrogens is 2. The molecule has 1 heterocycles. The normalized spacial score (nSPS) is 9.88. The quantitative estimate of drug-likeness (QED) is 0.855. The molecule has 0 aliphatic heterocycles. The van der Waals surface area contributed by atoms with Gasteiger partial charge in [0.25, 0.3) is 0 Å². The molecule has 16 heavy (non-hydrogen) atoms. The molecule has 2 aromatic rings. The minimum atomic E-state index is 0.532. The molecule has 0 atom stereocenters. The maximum Gasteiger partial charge on any atom is 0.225 e. The van der Waals surface area contributed by atoms with E-state index < -0.39 is 0 Å². The van der Waals surface area contributed by atoms with E-state index in [-0.39, 0.29) is 0 Å². The van der Waals surface area contributed by atoms with Crippen LogP contribution in [0.15, 0.2) is 36.5 Å². The van der Waals surface area contributed by atoms with Gasteiger partial charge < -0.3 is 10.1 Å². The molecule has 0 spiro atoms. The summed E-state index contributed by atoms with van der Waals surface area (Å²) in [6.45, 7) is 2.02. The highest BCUT2D eigenvalue weighted by molar-refractivity contribution is 5.32. The van der Waals surface area contributed by atoms with Crippen molar-refractivity contribution in [1.29, 1.82) is 0 Å². The average molecular weight is 215 g/mol. The molecule has 2 rings (SSSR count). The number of hydrogen-bond acceptors (Lipinski definition) is 4. The molecule has 0 aliphatic carbocycles. The zero-order valence-electron chi connectivity index (χ0n) is 9.27. The van der Waals surface area contributed by atoms with Gasteiger partial charge in [-0.3, -0.25) is 0 Å². The standard InChI is InChI=1S/C12H13N3O/c1-9-4-3-5-10(8-9)16-11-6-7-14-12(13-2)15-11/h3-8H,1-2H3,(H,13,14,15). The van der Waals surface area contributed by atoms with Crippen molar-refractivity contribution in [3.8, 4) is 11.6 Å². The summed E-state index contributed by atoms with van der Waals surface area (Å²) in [4.78, 5) is 8.19. The van der Waals surface area contributed by atoms with E-state index in [4.69, 9.17) is 4.74 Å². The molecule has 0 amide bonds. The molecule has 0 aliphatic rings. The van der Waals surface area contributed by atoms with Crippen LogP contribution in [0.3, 0.4) is 0 Å². The Hall–Kier alpha value is -2.10. The molecule has 4 nitrogen and oxygen atoms in total. The van der Waals surface area contributed by atoms with Gasteiger partial charge >= 0.3 is 0 Å². The van der Waals surface area contributed by atoms with Gasteiger partial charge in [-0.25, -0.2) is 4.98 Å². The van der Waals surface area contributed by atoms with Crippen LogP contribution in [0.4, 0.5) is 5.95 Å². The van der Waals surface area contributed by atoms with Crippen LogP contribution in [0.25, 0.3) is 0 Å². The fraction of sp³-hybridized carbons (Fsp3) is 0.167. The fourth-order valence-electron chi connectivity index (χ4n) is 1.32. The van der Waals surface area contributed by atoms with E-state index >= 15 is 0 Å². The van der Waals surface area contributed by atoms with Gasteiger partial charge in [0.2, 0.25) is 11.8 Å². The predicted octanol–water partition coefficient (Wildman–Crippen LogP) is 2.62. The summed E-state index contributed by atoms with van der Waals surface area (Å²) >= 11 is 0. The monoisotopic (exact) mass is 215 g/mol. The minimum absolute atomic E-state index is 0.532. The van der Waals surface area contributed by atoms with Crippen molar-refractivity contribution in [2.45, 2.75) is 6.92 Å². The van der Waals surface area contributed by atoms with Gasteiger partial charge in [-0.05, 0) is 24.6 Å². The summed E-state index contributed by atoms with van der Waals surface area (Å²) in [5, 5.41) is 2.86. The van der Waals surface area contributed by atoms with E-state index in [9.17, 15) is 0 Å². The molecule has 1 aromatic heterocycles. The number of aryl methyl sites for hydroxylation is 1. The van der Waals surface area contributed by atoms with E-state index in [2.05, 4.69) is 15.3 Å². The Balaban J connectivity index is 2.20. The second-order valence-electron chi connectivity index (χ2n) is 3.39. The number of anilines is 1. The maximum atomic E-state index is 5.61. The zero-order chi connectivity index (χ0) is 11.4. The summed E-state index contributed by atoms with van der Waals surface area (Å²) in [6, 6.07) is 9.55. The number of benzene rings is 1. The molecule has 1 N–H and O–H groups in total. The maximum absolute atomic E-state index is 5.61. The van der Waals surface area contributed by atoms with E-state index in [1.807, 2.05) is 31.2 Å². The van der Waals surface area contributed by atoms with E-state index in [0.717, 1.165) is 11.3 Å². The number of rotatable bonds is 3. The lowest BCUT2D eigenvalue weighted by molar-refractivity contribution is 0.462. The molecular weight excluding hydrogens is 202 g/mol. The third-order valence-electron chi connectivity index (χ3n) is 2.07. The van der Waals surface area contributed by atoms with Crippen molar-refractivity contribution in [3.63, 3.8) is 0 Å². The molecule has 0 saturated carbocycles. The number of ether oxygens (including phenoxy) is 1. The molecular formula is C12H13N3O. The largest absolute Gasteiger partial charge is 0.439 e. The fourth-order valence-corrected chi connectivity index (χ4v) is 1.32. The average Bonchev–Trinajstić information content (AvgIpc) is 2.29. The van der Waals surface area contributed by atoms with Gasteiger partial charge in [0.05, 0.1) is 0 Å². The Labute approximate surface area is 94.3 Å². The molecule has 82 valence electrons. The summed E-state index contributed by atoms with van der Waals surface area (Å²) in [5.41, 5.74) is 1.15. The SMILES string of the molecule is CNc1nccc(Oc2cccc(C)c2)n1. The number of nitrogens with zero attached hydrogens (tertiary/aromatic N) is 2. The van der Waals surface area contributed by atoms with Crippen LogP contribution in [0.1, 0.15) is 5.56 Å². The van der Waals surface area contributed by atoms with E-state index in [0.29, 0.717) is 11.8 Å². The summed E-state index contributed by atoms with van der Waals surface area (Å²) in [5.74, 6) is 1.86. The Morgan fingerprint density at radius 3 is 2.88 bits per heavy atom. The van der Waals surface area contributed by atoms with Crippen molar-refractivity contribution < 1.29 is 4.74 Å². The van der Waals surface area contributed by atoms with Crippen LogP contribution in [0.2, 0.25) is 0 Å². The highest BCUT2D eigenvalue weighted by Crippen LogP contribution is 2.20. The third kappa shape index (κ3) is 2.48. The van der Waals surface area contributed by atoms with Gasteiger partial charge in [-0.1, -0.05) is 12.1 Å². The van der Waals surface area contributed by atoms with Crippen LogP contribution in [0, 0.1) is 6.92 Å². The summed E-state index contributed by atoms with van der Waals surface area (Å²) in [6.07, 6.45) is 1.66. The first kappa shape index (κ1) is 10.4. The van der Waals surface area contributed by atoms with Gasteiger partial charge in [0.15, 0.2) is 0 Å². The number of hydrogen-bond donors (Lipinski definition) is 1. The van der Waals surface area contributed by atoms with Crippen molar-refractivity contribution in [2.75, 3.05) is 12.4 Å². The van der Waals surface area contributed by atoms with Gasteiger partial charge in [-0.2, -0.15) is 4.98 Å². The Bertz CT molecular complexity index is 485. The molecule has 0 radical (unpaired) electrons. The topological polar surface area (TPSA) is 47.0 Å². The van der Waals surface area contributed by atoms with Crippen molar-refractivity contribution in [3.05, 3.63) is 42.1 Å². The second-order valence-corrected chi connectivity index (χ2v) is 3.39. The zero-order valence-corrected chi connectivity index (χ0v) is 9.27. The Kier molecular flexibility index (Phi) is 3.00. The molecule has 0 bridgehead atoms. The minimum Gasteiger partial charge on any atom is -0.439 e. The number of nitrogens with one attached hydrogen (secondary N) is 1. The van der Waals surface area contributed by atoms with Crippen molar-refractivity contribution in [1.82, 2.24) is 9.97 Å².